The number of benzene rings is 2. The number of hydrogen-bond acceptors (Lipinski definition) is 3. The average molecular weight is 240 g/mol. The third-order valence-electron chi connectivity index (χ3n) is 3.31. The summed E-state index contributed by atoms with van der Waals surface area (Å²) < 4.78 is 5.26. The molecule has 2 aromatic carbocycles. The maximum absolute atomic E-state index is 11.4. The molecule has 3 nitrogen and oxygen atoms in total. The van der Waals surface area contributed by atoms with Crippen molar-refractivity contribution in [3.8, 4) is 0 Å². The van der Waals surface area contributed by atoms with Gasteiger partial charge in [0.2, 0.25) is 5.78 Å². The summed E-state index contributed by atoms with van der Waals surface area (Å²) >= 11 is 0. The van der Waals surface area contributed by atoms with Crippen LogP contribution in [0, 0.1) is 0 Å². The van der Waals surface area contributed by atoms with E-state index in [0.29, 0.717) is 6.42 Å². The van der Waals surface area contributed by atoms with E-state index in [4.69, 9.17) is 4.74 Å². The predicted molar refractivity (Wildman–Crippen MR) is 67.2 cm³/mol. The molecule has 2 aromatic rings. The molecule has 1 aliphatic rings. The van der Waals surface area contributed by atoms with Crippen molar-refractivity contribution >= 4 is 22.5 Å². The van der Waals surface area contributed by atoms with Gasteiger partial charge in [-0.25, -0.2) is 4.79 Å². The Balaban J connectivity index is 2.03. The second-order valence-electron chi connectivity index (χ2n) is 4.52. The molecule has 0 amide bonds. The Morgan fingerprint density at radius 2 is 1.89 bits per heavy atom. The zero-order valence-electron chi connectivity index (χ0n) is 9.97. The minimum Gasteiger partial charge on any atom is -0.451 e. The largest absolute Gasteiger partial charge is 0.451 e. The molecule has 0 N–H and O–H groups in total. The molecule has 1 aliphatic carbocycles. The maximum Gasteiger partial charge on any atom is 0.374 e. The van der Waals surface area contributed by atoms with Gasteiger partial charge in [0.05, 0.1) is 0 Å². The summed E-state index contributed by atoms with van der Waals surface area (Å²) in [5.74, 6) is -1.32. The number of hydrogen-bond donors (Lipinski definition) is 0. The molecule has 0 radical (unpaired) electrons. The molecule has 0 saturated carbocycles. The van der Waals surface area contributed by atoms with Crippen molar-refractivity contribution in [2.45, 2.75) is 19.4 Å². The maximum atomic E-state index is 11.4. The van der Waals surface area contributed by atoms with E-state index in [2.05, 4.69) is 0 Å². The first kappa shape index (κ1) is 11.0. The Morgan fingerprint density at radius 1 is 1.17 bits per heavy atom. The summed E-state index contributed by atoms with van der Waals surface area (Å²) in [4.78, 5) is 22.4. The van der Waals surface area contributed by atoms with Crippen molar-refractivity contribution in [3.05, 3.63) is 47.5 Å². The monoisotopic (exact) mass is 240 g/mol. The summed E-state index contributed by atoms with van der Waals surface area (Å²) in [6.45, 7) is 1.23. The van der Waals surface area contributed by atoms with Gasteiger partial charge in [-0.2, -0.15) is 0 Å². The number of carbonyl (C=O) groups excluding carboxylic acids is 2. The Bertz CT molecular complexity index is 653. The fraction of sp³-hybridized carbons (Fsp3) is 0.200. The molecule has 0 heterocycles. The van der Waals surface area contributed by atoms with Crippen LogP contribution in [0.4, 0.5) is 0 Å². The third-order valence-corrected chi connectivity index (χ3v) is 3.31. The van der Waals surface area contributed by atoms with Crippen LogP contribution in [0.3, 0.4) is 0 Å². The zero-order chi connectivity index (χ0) is 12.7. The topological polar surface area (TPSA) is 43.4 Å². The van der Waals surface area contributed by atoms with Crippen molar-refractivity contribution in [2.75, 3.05) is 0 Å². The molecule has 0 aromatic heterocycles. The average Bonchev–Trinajstić information content (AvgIpc) is 2.70. The van der Waals surface area contributed by atoms with Crippen LogP contribution in [0.15, 0.2) is 36.4 Å². The second-order valence-corrected chi connectivity index (χ2v) is 4.52. The number of carbonyl (C=O) groups is 2. The van der Waals surface area contributed by atoms with Crippen LogP contribution in [0.25, 0.3) is 10.8 Å². The number of ketones is 1. The minimum atomic E-state index is -0.759. The molecule has 3 rings (SSSR count). The Morgan fingerprint density at radius 3 is 2.61 bits per heavy atom. The number of rotatable bonds is 2. The van der Waals surface area contributed by atoms with Crippen molar-refractivity contribution in [1.82, 2.24) is 0 Å². The van der Waals surface area contributed by atoms with Crippen LogP contribution >= 0.6 is 0 Å². The Hall–Kier alpha value is -2.16. The van der Waals surface area contributed by atoms with Gasteiger partial charge in [0, 0.05) is 18.9 Å². The summed E-state index contributed by atoms with van der Waals surface area (Å²) in [6, 6.07) is 12.0. The zero-order valence-corrected chi connectivity index (χ0v) is 9.97. The number of esters is 1. The Labute approximate surface area is 104 Å². The molecule has 90 valence electrons. The van der Waals surface area contributed by atoms with Gasteiger partial charge in [-0.15, -0.1) is 0 Å². The normalized spacial score (nSPS) is 16.8. The molecule has 0 saturated heterocycles. The molecule has 0 aliphatic heterocycles. The summed E-state index contributed by atoms with van der Waals surface area (Å²) in [5.41, 5.74) is 2.17. The SMILES string of the molecule is CC(=O)C(=O)OC1Cc2cccc3cccc1c23. The highest BCUT2D eigenvalue weighted by molar-refractivity contribution is 6.32. The molecule has 0 fully saturated rings. The lowest BCUT2D eigenvalue weighted by Crippen LogP contribution is -2.17. The van der Waals surface area contributed by atoms with E-state index >= 15 is 0 Å². The Kier molecular flexibility index (Phi) is 2.40. The summed E-state index contributed by atoms with van der Waals surface area (Å²) in [7, 11) is 0. The fourth-order valence-electron chi connectivity index (χ4n) is 2.52. The second kappa shape index (κ2) is 3.95. The van der Waals surface area contributed by atoms with Crippen LogP contribution in [0.5, 0.6) is 0 Å². The smallest absolute Gasteiger partial charge is 0.374 e. The first-order valence-electron chi connectivity index (χ1n) is 5.89. The molecular weight excluding hydrogens is 228 g/mol. The van der Waals surface area contributed by atoms with Crippen molar-refractivity contribution in [3.63, 3.8) is 0 Å². The van der Waals surface area contributed by atoms with E-state index < -0.39 is 11.8 Å². The fourth-order valence-corrected chi connectivity index (χ4v) is 2.52. The van der Waals surface area contributed by atoms with E-state index in [-0.39, 0.29) is 6.10 Å². The van der Waals surface area contributed by atoms with Crippen LogP contribution in [0.1, 0.15) is 24.2 Å². The minimum absolute atomic E-state index is 0.331. The van der Waals surface area contributed by atoms with Gasteiger partial charge >= 0.3 is 5.97 Å². The molecule has 1 unspecified atom stereocenters. The van der Waals surface area contributed by atoms with Crippen LogP contribution in [-0.2, 0) is 20.7 Å². The van der Waals surface area contributed by atoms with E-state index in [1.165, 1.54) is 12.5 Å². The van der Waals surface area contributed by atoms with E-state index in [1.54, 1.807) is 0 Å². The summed E-state index contributed by atoms with van der Waals surface area (Å²) in [5, 5.41) is 2.30. The summed E-state index contributed by atoms with van der Waals surface area (Å²) in [6.07, 6.45) is 0.317. The third kappa shape index (κ3) is 1.59. The van der Waals surface area contributed by atoms with Gasteiger partial charge in [0.1, 0.15) is 6.10 Å². The van der Waals surface area contributed by atoms with Gasteiger partial charge < -0.3 is 4.74 Å². The lowest BCUT2D eigenvalue weighted by Gasteiger charge is -2.11. The van der Waals surface area contributed by atoms with Crippen molar-refractivity contribution < 1.29 is 14.3 Å². The van der Waals surface area contributed by atoms with Crippen molar-refractivity contribution in [2.24, 2.45) is 0 Å². The molecule has 0 bridgehead atoms. The van der Waals surface area contributed by atoms with E-state index in [9.17, 15) is 9.59 Å². The van der Waals surface area contributed by atoms with Gasteiger partial charge in [-0.1, -0.05) is 36.4 Å². The lowest BCUT2D eigenvalue weighted by atomic mass is 10.1. The van der Waals surface area contributed by atoms with Gasteiger partial charge in [0.25, 0.3) is 0 Å². The quantitative estimate of drug-likeness (QED) is 0.598. The standard InChI is InChI=1S/C15H12O3/c1-9(16)15(17)18-13-8-11-6-2-4-10-5-3-7-12(13)14(10)11/h2-7,13H,8H2,1H3. The molecule has 18 heavy (non-hydrogen) atoms. The van der Waals surface area contributed by atoms with Gasteiger partial charge in [-0.3, -0.25) is 4.79 Å². The lowest BCUT2D eigenvalue weighted by molar-refractivity contribution is -0.157. The molecular formula is C15H12O3. The number of Topliss-reactive ketones (excluding diaryl/α,β-unsaturated/α-hetero) is 1. The first-order valence-corrected chi connectivity index (χ1v) is 5.89. The van der Waals surface area contributed by atoms with Crippen LogP contribution < -0.4 is 0 Å². The van der Waals surface area contributed by atoms with Gasteiger partial charge in [0.15, 0.2) is 0 Å². The molecule has 1 atom stereocenters. The first-order chi connectivity index (χ1) is 8.66. The van der Waals surface area contributed by atoms with Crippen LogP contribution in [0.2, 0.25) is 0 Å². The van der Waals surface area contributed by atoms with Crippen LogP contribution in [-0.4, -0.2) is 11.8 Å². The van der Waals surface area contributed by atoms with E-state index in [1.807, 2.05) is 36.4 Å². The van der Waals surface area contributed by atoms with E-state index in [0.717, 1.165) is 16.3 Å². The molecule has 3 heteroatoms. The molecule has 0 spiro atoms. The van der Waals surface area contributed by atoms with Gasteiger partial charge in [-0.05, 0) is 16.3 Å². The predicted octanol–water partition coefficient (Wildman–Crippen LogP) is 2.57. The van der Waals surface area contributed by atoms with Crippen molar-refractivity contribution in [1.29, 1.82) is 0 Å². The highest BCUT2D eigenvalue weighted by Gasteiger charge is 2.28. The highest BCUT2D eigenvalue weighted by Crippen LogP contribution is 2.38. The number of ether oxygens (including phenoxy) is 1. The highest BCUT2D eigenvalue weighted by atomic mass is 16.5.